The van der Waals surface area contributed by atoms with Gasteiger partial charge in [0, 0.05) is 5.92 Å². The van der Waals surface area contributed by atoms with Gasteiger partial charge in [-0.1, -0.05) is 23.8 Å². The molecule has 0 amide bonds. The lowest BCUT2D eigenvalue weighted by molar-refractivity contribution is 0.414. The first kappa shape index (κ1) is 15.4. The fourth-order valence-corrected chi connectivity index (χ4v) is 2.02. The second-order valence-corrected chi connectivity index (χ2v) is 5.11. The zero-order valence-corrected chi connectivity index (χ0v) is 12.3. The minimum Gasteiger partial charge on any atom is -0.497 e. The first-order valence-corrected chi connectivity index (χ1v) is 6.88. The highest BCUT2D eigenvalue weighted by atomic mass is 16.5. The minimum atomic E-state index is 0.373. The van der Waals surface area contributed by atoms with E-state index < -0.39 is 0 Å². The van der Waals surface area contributed by atoms with E-state index in [1.807, 2.05) is 12.1 Å². The number of ether oxygens (including phenoxy) is 1. The Morgan fingerprint density at radius 2 is 1.95 bits per heavy atom. The monoisotopic (exact) mass is 256 g/mol. The highest BCUT2D eigenvalue weighted by Gasteiger charge is 2.05. The van der Waals surface area contributed by atoms with Crippen molar-refractivity contribution >= 4 is 0 Å². The lowest BCUT2D eigenvalue weighted by atomic mass is 9.95. The summed E-state index contributed by atoms with van der Waals surface area (Å²) in [6.45, 7) is 4.25. The van der Waals surface area contributed by atoms with Crippen LogP contribution in [0.2, 0.25) is 0 Å². The van der Waals surface area contributed by atoms with Gasteiger partial charge in [-0.15, -0.1) is 12.3 Å². The van der Waals surface area contributed by atoms with Gasteiger partial charge in [-0.25, -0.2) is 0 Å². The smallest absolute Gasteiger partial charge is 0.118 e. The molecule has 0 radical (unpaired) electrons. The first-order valence-electron chi connectivity index (χ1n) is 6.88. The van der Waals surface area contributed by atoms with E-state index in [2.05, 4.69) is 38.0 Å². The Morgan fingerprint density at radius 1 is 1.26 bits per heavy atom. The average molecular weight is 256 g/mol. The lowest BCUT2D eigenvalue weighted by Gasteiger charge is -2.10. The molecule has 0 saturated heterocycles. The summed E-state index contributed by atoms with van der Waals surface area (Å²) in [4.78, 5) is 0. The Hall–Kier alpha value is -1.68. The predicted molar refractivity (Wildman–Crippen MR) is 82.3 cm³/mol. The normalized spacial score (nSPS) is 11.5. The summed E-state index contributed by atoms with van der Waals surface area (Å²) in [5, 5.41) is 0. The summed E-state index contributed by atoms with van der Waals surface area (Å²) in [6.07, 6.45) is 12.1. The summed E-state index contributed by atoms with van der Waals surface area (Å²) in [6, 6.07) is 8.23. The fourth-order valence-electron chi connectivity index (χ4n) is 2.02. The highest BCUT2D eigenvalue weighted by Crippen LogP contribution is 2.17. The number of benzene rings is 1. The van der Waals surface area contributed by atoms with Crippen molar-refractivity contribution in [2.45, 2.75) is 39.5 Å². The third kappa shape index (κ3) is 6.15. The molecule has 0 aliphatic rings. The summed E-state index contributed by atoms with van der Waals surface area (Å²) < 4.78 is 5.15. The van der Waals surface area contributed by atoms with E-state index in [0.717, 1.165) is 31.4 Å². The largest absolute Gasteiger partial charge is 0.497 e. The van der Waals surface area contributed by atoms with Crippen molar-refractivity contribution in [1.82, 2.24) is 0 Å². The molecule has 1 atom stereocenters. The number of rotatable bonds is 7. The van der Waals surface area contributed by atoms with Gasteiger partial charge in [0.2, 0.25) is 0 Å². The van der Waals surface area contributed by atoms with Crippen molar-refractivity contribution in [3.63, 3.8) is 0 Å². The third-order valence-electron chi connectivity index (χ3n) is 3.24. The van der Waals surface area contributed by atoms with Gasteiger partial charge < -0.3 is 4.74 Å². The molecule has 1 heteroatoms. The number of hydrogen-bond acceptors (Lipinski definition) is 1. The molecule has 0 bridgehead atoms. The molecule has 0 N–H and O–H groups in total. The molecule has 0 aliphatic carbocycles. The SMILES string of the molecule is C#C[C@H](CCC=C(C)C)CCc1ccc(OC)cc1. The Balaban J connectivity index is 2.40. The van der Waals surface area contributed by atoms with Crippen LogP contribution in [0.25, 0.3) is 0 Å². The molecular formula is C18H24O. The standard InChI is InChI=1S/C18H24O/c1-5-16(8-6-7-15(2)3)9-10-17-11-13-18(19-4)14-12-17/h1,7,11-14,16H,6,8-10H2,2-4H3/t16-/m1/s1. The number of hydrogen-bond donors (Lipinski definition) is 0. The van der Waals surface area contributed by atoms with Crippen LogP contribution in [-0.4, -0.2) is 7.11 Å². The van der Waals surface area contributed by atoms with Gasteiger partial charge in [-0.3, -0.25) is 0 Å². The lowest BCUT2D eigenvalue weighted by Crippen LogP contribution is -1.99. The summed E-state index contributed by atoms with van der Waals surface area (Å²) in [7, 11) is 1.69. The van der Waals surface area contributed by atoms with Crippen LogP contribution in [0.1, 0.15) is 38.7 Å². The van der Waals surface area contributed by atoms with Crippen LogP contribution in [0.15, 0.2) is 35.9 Å². The summed E-state index contributed by atoms with van der Waals surface area (Å²) in [5.74, 6) is 4.19. The molecule has 1 aromatic carbocycles. The molecule has 0 spiro atoms. The van der Waals surface area contributed by atoms with Gasteiger partial charge >= 0.3 is 0 Å². The van der Waals surface area contributed by atoms with Crippen LogP contribution in [0.4, 0.5) is 0 Å². The fraction of sp³-hybridized carbons (Fsp3) is 0.444. The second kappa shape index (κ2) is 8.43. The zero-order valence-electron chi connectivity index (χ0n) is 12.3. The van der Waals surface area contributed by atoms with Crippen LogP contribution < -0.4 is 4.74 Å². The number of aryl methyl sites for hydroxylation is 1. The van der Waals surface area contributed by atoms with Gasteiger partial charge in [0.25, 0.3) is 0 Å². The Kier molecular flexibility index (Phi) is 6.82. The minimum absolute atomic E-state index is 0.373. The van der Waals surface area contributed by atoms with Gasteiger partial charge in [0.1, 0.15) is 5.75 Å². The van der Waals surface area contributed by atoms with Crippen molar-refractivity contribution in [1.29, 1.82) is 0 Å². The Labute approximate surface area is 117 Å². The molecule has 0 saturated carbocycles. The van der Waals surface area contributed by atoms with E-state index in [9.17, 15) is 0 Å². The molecule has 0 heterocycles. The maximum atomic E-state index is 5.61. The number of terminal acetylenes is 1. The molecule has 1 rings (SSSR count). The first-order chi connectivity index (χ1) is 9.15. The number of methoxy groups -OCH3 is 1. The molecule has 1 aromatic rings. The van der Waals surface area contributed by atoms with Crippen molar-refractivity contribution < 1.29 is 4.74 Å². The van der Waals surface area contributed by atoms with Crippen LogP contribution in [0.3, 0.4) is 0 Å². The second-order valence-electron chi connectivity index (χ2n) is 5.11. The van der Waals surface area contributed by atoms with E-state index in [0.29, 0.717) is 5.92 Å². The molecule has 102 valence electrons. The van der Waals surface area contributed by atoms with Gasteiger partial charge in [-0.05, 0) is 57.2 Å². The van der Waals surface area contributed by atoms with E-state index >= 15 is 0 Å². The Bertz CT molecular complexity index is 430. The molecule has 0 unspecified atom stereocenters. The van der Waals surface area contributed by atoms with Crippen molar-refractivity contribution in [2.75, 3.05) is 7.11 Å². The van der Waals surface area contributed by atoms with E-state index in [4.69, 9.17) is 11.2 Å². The molecule has 0 fully saturated rings. The third-order valence-corrected chi connectivity index (χ3v) is 3.24. The molecule has 19 heavy (non-hydrogen) atoms. The van der Waals surface area contributed by atoms with Crippen LogP contribution in [-0.2, 0) is 6.42 Å². The van der Waals surface area contributed by atoms with Crippen LogP contribution in [0.5, 0.6) is 5.75 Å². The maximum Gasteiger partial charge on any atom is 0.118 e. The van der Waals surface area contributed by atoms with Crippen molar-refractivity contribution in [3.8, 4) is 18.1 Å². The topological polar surface area (TPSA) is 9.23 Å². The predicted octanol–water partition coefficient (Wildman–Crippen LogP) is 4.62. The van der Waals surface area contributed by atoms with Crippen LogP contribution in [0, 0.1) is 18.3 Å². The summed E-state index contributed by atoms with van der Waals surface area (Å²) >= 11 is 0. The quantitative estimate of drug-likeness (QED) is 0.511. The average Bonchev–Trinajstić information content (AvgIpc) is 2.42. The maximum absolute atomic E-state index is 5.61. The molecule has 0 aromatic heterocycles. The van der Waals surface area contributed by atoms with E-state index in [-0.39, 0.29) is 0 Å². The number of allylic oxidation sites excluding steroid dienone is 2. The molecule has 0 aliphatic heterocycles. The van der Waals surface area contributed by atoms with E-state index in [1.54, 1.807) is 7.11 Å². The van der Waals surface area contributed by atoms with Crippen LogP contribution >= 0.6 is 0 Å². The van der Waals surface area contributed by atoms with Gasteiger partial charge in [0.15, 0.2) is 0 Å². The molecule has 1 nitrogen and oxygen atoms in total. The van der Waals surface area contributed by atoms with Gasteiger partial charge in [0.05, 0.1) is 7.11 Å². The van der Waals surface area contributed by atoms with Crippen molar-refractivity contribution in [3.05, 3.63) is 41.5 Å². The summed E-state index contributed by atoms with van der Waals surface area (Å²) in [5.41, 5.74) is 2.69. The highest BCUT2D eigenvalue weighted by molar-refractivity contribution is 5.27. The molecular weight excluding hydrogens is 232 g/mol. The van der Waals surface area contributed by atoms with Crippen molar-refractivity contribution in [2.24, 2.45) is 5.92 Å². The van der Waals surface area contributed by atoms with Gasteiger partial charge in [-0.2, -0.15) is 0 Å². The zero-order chi connectivity index (χ0) is 14.1. The Morgan fingerprint density at radius 3 is 2.47 bits per heavy atom. The van der Waals surface area contributed by atoms with E-state index in [1.165, 1.54) is 11.1 Å².